The van der Waals surface area contributed by atoms with E-state index in [1.54, 1.807) is 17.8 Å². The Morgan fingerprint density at radius 1 is 1.39 bits per heavy atom. The highest BCUT2D eigenvalue weighted by Gasteiger charge is 2.42. The molecular formula is C14H18ClNOS. The highest BCUT2D eigenvalue weighted by Crippen LogP contribution is 2.46. The second-order valence-electron chi connectivity index (χ2n) is 5.53. The zero-order valence-corrected chi connectivity index (χ0v) is 12.7. The van der Waals surface area contributed by atoms with Crippen molar-refractivity contribution in [3.63, 3.8) is 0 Å². The van der Waals surface area contributed by atoms with E-state index in [2.05, 4.69) is 18.7 Å². The molecule has 0 bridgehead atoms. The molecule has 2 rings (SSSR count). The summed E-state index contributed by atoms with van der Waals surface area (Å²) in [4.78, 5) is 15.7. The fourth-order valence-corrected chi connectivity index (χ4v) is 3.90. The van der Waals surface area contributed by atoms with Crippen LogP contribution in [-0.4, -0.2) is 36.1 Å². The lowest BCUT2D eigenvalue weighted by Gasteiger charge is -2.39. The van der Waals surface area contributed by atoms with Crippen molar-refractivity contribution in [1.29, 1.82) is 0 Å². The molecule has 0 saturated carbocycles. The summed E-state index contributed by atoms with van der Waals surface area (Å²) in [5.74, 6) is 0.255. The van der Waals surface area contributed by atoms with Crippen LogP contribution in [0, 0.1) is 5.92 Å². The molecule has 0 aromatic heterocycles. The highest BCUT2D eigenvalue weighted by atomic mass is 35.5. The van der Waals surface area contributed by atoms with Gasteiger partial charge in [0, 0.05) is 32.7 Å². The molecule has 0 spiro atoms. The molecule has 98 valence electrons. The molecule has 1 atom stereocenters. The average Bonchev–Trinajstić information content (AvgIpc) is 2.22. The van der Waals surface area contributed by atoms with E-state index in [1.807, 2.05) is 26.2 Å². The van der Waals surface area contributed by atoms with E-state index in [1.165, 1.54) is 0 Å². The Balaban J connectivity index is 2.43. The van der Waals surface area contributed by atoms with Crippen molar-refractivity contribution in [2.75, 3.05) is 20.6 Å². The lowest BCUT2D eigenvalue weighted by Crippen LogP contribution is -2.43. The fraction of sp³-hybridized carbons (Fsp3) is 0.500. The van der Waals surface area contributed by atoms with Gasteiger partial charge < -0.3 is 4.90 Å². The van der Waals surface area contributed by atoms with Crippen LogP contribution in [0.1, 0.15) is 24.2 Å². The molecule has 1 heterocycles. The number of hydrogen-bond donors (Lipinski definition) is 0. The van der Waals surface area contributed by atoms with Crippen molar-refractivity contribution >= 4 is 29.1 Å². The first-order valence-electron chi connectivity index (χ1n) is 5.99. The molecular weight excluding hydrogens is 266 g/mol. The number of carbonyl (C=O) groups excluding carboxylic acids is 1. The molecule has 0 aliphatic carbocycles. The van der Waals surface area contributed by atoms with Gasteiger partial charge in [0.15, 0.2) is 5.78 Å². The summed E-state index contributed by atoms with van der Waals surface area (Å²) >= 11 is 7.76. The highest BCUT2D eigenvalue weighted by molar-refractivity contribution is 8.00. The largest absolute Gasteiger partial charge is 0.309 e. The zero-order chi connectivity index (χ0) is 13.5. The van der Waals surface area contributed by atoms with Gasteiger partial charge in [-0.05, 0) is 46.1 Å². The van der Waals surface area contributed by atoms with Crippen LogP contribution in [0.5, 0.6) is 0 Å². The minimum atomic E-state index is -0.0982. The molecule has 0 N–H and O–H groups in total. The molecule has 0 amide bonds. The van der Waals surface area contributed by atoms with Gasteiger partial charge in [0.2, 0.25) is 0 Å². The Labute approximate surface area is 118 Å². The van der Waals surface area contributed by atoms with E-state index in [0.29, 0.717) is 5.02 Å². The Bertz CT molecular complexity index is 485. The van der Waals surface area contributed by atoms with Gasteiger partial charge in [-0.2, -0.15) is 0 Å². The first kappa shape index (κ1) is 13.9. The second-order valence-corrected chi connectivity index (χ2v) is 7.66. The summed E-state index contributed by atoms with van der Waals surface area (Å²) in [5, 5.41) is 0.691. The minimum Gasteiger partial charge on any atom is -0.309 e. The topological polar surface area (TPSA) is 20.3 Å². The zero-order valence-electron chi connectivity index (χ0n) is 11.2. The van der Waals surface area contributed by atoms with E-state index >= 15 is 0 Å². The molecule has 1 unspecified atom stereocenters. The fourth-order valence-electron chi connectivity index (χ4n) is 2.31. The van der Waals surface area contributed by atoms with Gasteiger partial charge in [-0.15, -0.1) is 11.8 Å². The van der Waals surface area contributed by atoms with Crippen LogP contribution in [0.3, 0.4) is 0 Å². The van der Waals surface area contributed by atoms with Gasteiger partial charge in [0.05, 0.1) is 0 Å². The van der Waals surface area contributed by atoms with Crippen molar-refractivity contribution in [1.82, 2.24) is 4.90 Å². The lowest BCUT2D eigenvalue weighted by atomic mass is 9.86. The third-order valence-corrected chi connectivity index (χ3v) is 4.89. The molecule has 4 heteroatoms. The number of benzene rings is 1. The maximum absolute atomic E-state index is 12.6. The van der Waals surface area contributed by atoms with Gasteiger partial charge in [-0.25, -0.2) is 0 Å². The number of halogens is 1. The standard InChI is InChI=1S/C14H18ClNOS/c1-14(2)11(8-16(3)4)13(17)10-6-5-9(15)7-12(10)18-14/h5-7,11H,8H2,1-4H3. The predicted octanol–water partition coefficient (Wildman–Crippen LogP) is 3.58. The third-order valence-electron chi connectivity index (χ3n) is 3.29. The van der Waals surface area contributed by atoms with Crippen molar-refractivity contribution in [3.05, 3.63) is 28.8 Å². The Kier molecular flexibility index (Phi) is 3.77. The first-order chi connectivity index (χ1) is 8.31. The molecule has 1 aromatic rings. The number of carbonyl (C=O) groups is 1. The monoisotopic (exact) mass is 283 g/mol. The van der Waals surface area contributed by atoms with E-state index < -0.39 is 0 Å². The molecule has 1 aliphatic rings. The number of hydrogen-bond acceptors (Lipinski definition) is 3. The molecule has 0 radical (unpaired) electrons. The second kappa shape index (κ2) is 4.87. The maximum Gasteiger partial charge on any atom is 0.169 e. The van der Waals surface area contributed by atoms with Crippen molar-refractivity contribution in [3.8, 4) is 0 Å². The minimum absolute atomic E-state index is 0.0196. The van der Waals surface area contributed by atoms with Gasteiger partial charge in [-0.3, -0.25) is 4.79 Å². The third kappa shape index (κ3) is 2.58. The van der Waals surface area contributed by atoms with Gasteiger partial charge in [-0.1, -0.05) is 11.6 Å². The quantitative estimate of drug-likeness (QED) is 0.827. The SMILES string of the molecule is CN(C)CC1C(=O)c2ccc(Cl)cc2SC1(C)C. The maximum atomic E-state index is 12.6. The summed E-state index contributed by atoms with van der Waals surface area (Å²) in [7, 11) is 4.01. The summed E-state index contributed by atoms with van der Waals surface area (Å²) < 4.78 is -0.0982. The molecule has 0 saturated heterocycles. The molecule has 18 heavy (non-hydrogen) atoms. The normalized spacial score (nSPS) is 22.1. The van der Waals surface area contributed by atoms with Crippen molar-refractivity contribution in [2.45, 2.75) is 23.5 Å². The number of ketones is 1. The van der Waals surface area contributed by atoms with Crippen molar-refractivity contribution < 1.29 is 4.79 Å². The van der Waals surface area contributed by atoms with Crippen LogP contribution < -0.4 is 0 Å². The molecule has 0 fully saturated rings. The van der Waals surface area contributed by atoms with Crippen LogP contribution in [0.2, 0.25) is 5.02 Å². The predicted molar refractivity (Wildman–Crippen MR) is 77.8 cm³/mol. The number of thioether (sulfide) groups is 1. The smallest absolute Gasteiger partial charge is 0.169 e. The van der Waals surface area contributed by atoms with Crippen molar-refractivity contribution in [2.24, 2.45) is 5.92 Å². The molecule has 2 nitrogen and oxygen atoms in total. The summed E-state index contributed by atoms with van der Waals surface area (Å²) in [5.41, 5.74) is 0.815. The van der Waals surface area contributed by atoms with Crippen LogP contribution in [-0.2, 0) is 0 Å². The number of nitrogens with zero attached hydrogens (tertiary/aromatic N) is 1. The van der Waals surface area contributed by atoms with E-state index in [9.17, 15) is 4.79 Å². The Morgan fingerprint density at radius 3 is 2.67 bits per heavy atom. The van der Waals surface area contributed by atoms with Crippen LogP contribution in [0.25, 0.3) is 0 Å². The lowest BCUT2D eigenvalue weighted by molar-refractivity contribution is 0.0863. The van der Waals surface area contributed by atoms with Gasteiger partial charge >= 0.3 is 0 Å². The van der Waals surface area contributed by atoms with E-state index in [-0.39, 0.29) is 16.4 Å². The van der Waals surface area contributed by atoms with Gasteiger partial charge in [0.1, 0.15) is 0 Å². The van der Waals surface area contributed by atoms with Crippen LogP contribution >= 0.6 is 23.4 Å². The summed E-state index contributed by atoms with van der Waals surface area (Å²) in [6.07, 6.45) is 0. The first-order valence-corrected chi connectivity index (χ1v) is 7.18. The number of rotatable bonds is 2. The number of Topliss-reactive ketones (excluding diaryl/α,β-unsaturated/α-hetero) is 1. The molecule has 1 aromatic carbocycles. The Morgan fingerprint density at radius 2 is 2.06 bits per heavy atom. The van der Waals surface area contributed by atoms with Gasteiger partial charge in [0.25, 0.3) is 0 Å². The van der Waals surface area contributed by atoms with Crippen LogP contribution in [0.4, 0.5) is 0 Å². The van der Waals surface area contributed by atoms with E-state index in [0.717, 1.165) is 17.0 Å². The summed E-state index contributed by atoms with van der Waals surface area (Å²) in [6, 6.07) is 5.54. The summed E-state index contributed by atoms with van der Waals surface area (Å²) in [6.45, 7) is 5.04. The molecule has 1 aliphatic heterocycles. The van der Waals surface area contributed by atoms with E-state index in [4.69, 9.17) is 11.6 Å². The Hall–Kier alpha value is -0.510. The van der Waals surface area contributed by atoms with Crippen LogP contribution in [0.15, 0.2) is 23.1 Å². The number of fused-ring (bicyclic) bond motifs is 1. The average molecular weight is 284 g/mol.